The van der Waals surface area contributed by atoms with Gasteiger partial charge in [-0.25, -0.2) is 4.79 Å². The zero-order valence-electron chi connectivity index (χ0n) is 30.9. The van der Waals surface area contributed by atoms with Gasteiger partial charge in [0.15, 0.2) is 0 Å². The van der Waals surface area contributed by atoms with E-state index >= 15 is 0 Å². The van der Waals surface area contributed by atoms with Crippen LogP contribution in [0.4, 0.5) is 10.5 Å². The van der Waals surface area contributed by atoms with Crippen molar-refractivity contribution in [3.8, 4) is 11.8 Å². The van der Waals surface area contributed by atoms with Crippen molar-refractivity contribution in [2.24, 2.45) is 11.8 Å². The highest BCUT2D eigenvalue weighted by molar-refractivity contribution is 5.97. The van der Waals surface area contributed by atoms with Crippen LogP contribution in [-0.4, -0.2) is 90.5 Å². The molecule has 6 rings (SSSR count). The normalized spacial score (nSPS) is 21.2. The first kappa shape index (κ1) is 36.7. The van der Waals surface area contributed by atoms with Gasteiger partial charge >= 0.3 is 6.09 Å². The highest BCUT2D eigenvalue weighted by Gasteiger charge is 2.36. The van der Waals surface area contributed by atoms with Gasteiger partial charge in [-0.2, -0.15) is 0 Å². The molecule has 0 bridgehead atoms. The summed E-state index contributed by atoms with van der Waals surface area (Å²) in [5.74, 6) is 8.21. The maximum Gasteiger partial charge on any atom is 0.410 e. The minimum absolute atomic E-state index is 0.176. The molecule has 3 aromatic rings. The summed E-state index contributed by atoms with van der Waals surface area (Å²) < 4.78 is 5.49. The van der Waals surface area contributed by atoms with Gasteiger partial charge in [-0.15, -0.1) is 0 Å². The Morgan fingerprint density at radius 3 is 2.45 bits per heavy atom. The highest BCUT2D eigenvalue weighted by atomic mass is 16.6. The van der Waals surface area contributed by atoms with E-state index in [2.05, 4.69) is 63.0 Å². The van der Waals surface area contributed by atoms with E-state index < -0.39 is 17.8 Å². The fourth-order valence-corrected chi connectivity index (χ4v) is 7.60. The lowest BCUT2D eigenvalue weighted by Gasteiger charge is -2.34. The van der Waals surface area contributed by atoms with Crippen LogP contribution in [-0.2, 0) is 4.74 Å². The van der Waals surface area contributed by atoms with Crippen molar-refractivity contribution in [2.75, 3.05) is 51.1 Å². The standard InChI is InChI=1S/C42H55N5O4/c1-28-10-14-33(45-38-26-47(27-39(38)48)41(50)51-42(3,4)5)24-37(28)40(49)44-29(2)34-15-13-32(35-8-6-7-9-36(34)35)12-11-30-18-22-46(23-19-30)25-31-16-20-43-21-17-31/h6-10,13-15,24,29-31,38-39,43,45,48H,16-23,25-27H2,1-5H3,(H,44,49)/t29-,38+,39-/m1/s1. The van der Waals surface area contributed by atoms with Crippen LogP contribution in [0.3, 0.4) is 0 Å². The molecule has 2 amide bonds. The number of ether oxygens (including phenoxy) is 1. The van der Waals surface area contributed by atoms with Crippen molar-refractivity contribution < 1.29 is 19.4 Å². The molecule has 3 atom stereocenters. The third-order valence-electron chi connectivity index (χ3n) is 10.5. The molecule has 0 radical (unpaired) electrons. The number of nitrogens with one attached hydrogen (secondary N) is 3. The number of hydrogen-bond donors (Lipinski definition) is 4. The largest absolute Gasteiger partial charge is 0.444 e. The first-order valence-corrected chi connectivity index (χ1v) is 18.7. The third kappa shape index (κ3) is 9.42. The Balaban J connectivity index is 1.09. The lowest BCUT2D eigenvalue weighted by molar-refractivity contribution is 0.0270. The third-order valence-corrected chi connectivity index (χ3v) is 10.5. The molecule has 4 N–H and O–H groups in total. The Bertz CT molecular complexity index is 1760. The number of anilines is 1. The second kappa shape index (κ2) is 16.1. The second-order valence-corrected chi connectivity index (χ2v) is 15.7. The van der Waals surface area contributed by atoms with Gasteiger partial charge in [-0.1, -0.05) is 48.2 Å². The van der Waals surface area contributed by atoms with Gasteiger partial charge in [-0.05, 0) is 132 Å². The summed E-state index contributed by atoms with van der Waals surface area (Å²) in [5, 5.41) is 22.9. The van der Waals surface area contributed by atoms with Crippen LogP contribution in [0, 0.1) is 30.6 Å². The molecule has 3 fully saturated rings. The maximum absolute atomic E-state index is 13.7. The van der Waals surface area contributed by atoms with Gasteiger partial charge in [-0.3, -0.25) is 4.79 Å². The molecular weight excluding hydrogens is 638 g/mol. The van der Waals surface area contributed by atoms with E-state index in [4.69, 9.17) is 4.74 Å². The fourth-order valence-electron chi connectivity index (χ4n) is 7.60. The highest BCUT2D eigenvalue weighted by Crippen LogP contribution is 2.29. The molecule has 3 aliphatic heterocycles. The zero-order chi connectivity index (χ0) is 36.1. The smallest absolute Gasteiger partial charge is 0.410 e. The maximum atomic E-state index is 13.7. The topological polar surface area (TPSA) is 106 Å². The Labute approximate surface area is 303 Å². The number of likely N-dealkylation sites (tertiary alicyclic amines) is 2. The van der Waals surface area contributed by atoms with E-state index in [9.17, 15) is 14.7 Å². The van der Waals surface area contributed by atoms with Gasteiger partial charge in [0.25, 0.3) is 5.91 Å². The molecule has 9 nitrogen and oxygen atoms in total. The lowest BCUT2D eigenvalue weighted by Crippen LogP contribution is -2.40. The minimum Gasteiger partial charge on any atom is -0.444 e. The van der Waals surface area contributed by atoms with Crippen molar-refractivity contribution in [3.05, 3.63) is 76.9 Å². The fraction of sp³-hybridized carbons (Fsp3) is 0.524. The molecule has 3 heterocycles. The molecular formula is C42H55N5O4. The summed E-state index contributed by atoms with van der Waals surface area (Å²) in [6.45, 7) is 15.7. The van der Waals surface area contributed by atoms with E-state index in [1.165, 1.54) is 24.3 Å². The number of amides is 2. The Morgan fingerprint density at radius 2 is 1.73 bits per heavy atom. The van der Waals surface area contributed by atoms with Gasteiger partial charge in [0, 0.05) is 35.8 Å². The number of aliphatic hydroxyl groups excluding tert-OH is 1. The molecule has 51 heavy (non-hydrogen) atoms. The predicted octanol–water partition coefficient (Wildman–Crippen LogP) is 6.09. The molecule has 3 aliphatic rings. The van der Waals surface area contributed by atoms with Crippen molar-refractivity contribution >= 4 is 28.5 Å². The first-order valence-electron chi connectivity index (χ1n) is 18.7. The molecule has 0 aromatic heterocycles. The van der Waals surface area contributed by atoms with Crippen molar-refractivity contribution in [1.82, 2.24) is 20.4 Å². The van der Waals surface area contributed by atoms with E-state index in [-0.39, 0.29) is 24.5 Å². The van der Waals surface area contributed by atoms with Crippen LogP contribution in [0.25, 0.3) is 10.8 Å². The van der Waals surface area contributed by atoms with Gasteiger partial charge < -0.3 is 35.6 Å². The lowest BCUT2D eigenvalue weighted by atomic mass is 9.92. The van der Waals surface area contributed by atoms with E-state index in [0.29, 0.717) is 23.7 Å². The van der Waals surface area contributed by atoms with Gasteiger partial charge in [0.2, 0.25) is 0 Å². The number of fused-ring (bicyclic) bond motifs is 1. The Morgan fingerprint density at radius 1 is 1.00 bits per heavy atom. The number of carbonyl (C=O) groups is 2. The molecule has 3 aromatic carbocycles. The van der Waals surface area contributed by atoms with Crippen LogP contribution in [0.1, 0.15) is 86.5 Å². The number of β-amino-alcohol motifs (C(OH)–C–C–N with tert-alkyl or cyclic N) is 1. The summed E-state index contributed by atoms with van der Waals surface area (Å²) in [5.41, 5.74) is 3.56. The van der Waals surface area contributed by atoms with Crippen LogP contribution in [0.15, 0.2) is 54.6 Å². The molecule has 0 spiro atoms. The van der Waals surface area contributed by atoms with Crippen LogP contribution in [0.2, 0.25) is 0 Å². The molecule has 9 heteroatoms. The summed E-state index contributed by atoms with van der Waals surface area (Å²) in [7, 11) is 0. The zero-order valence-corrected chi connectivity index (χ0v) is 30.9. The number of benzene rings is 3. The number of aryl methyl sites for hydroxylation is 1. The number of rotatable bonds is 7. The van der Waals surface area contributed by atoms with Crippen LogP contribution < -0.4 is 16.0 Å². The monoisotopic (exact) mass is 693 g/mol. The summed E-state index contributed by atoms with van der Waals surface area (Å²) in [6.07, 6.45) is 3.62. The summed E-state index contributed by atoms with van der Waals surface area (Å²) in [6, 6.07) is 17.5. The van der Waals surface area contributed by atoms with Gasteiger partial charge in [0.1, 0.15) is 5.60 Å². The van der Waals surface area contributed by atoms with Gasteiger partial charge in [0.05, 0.1) is 24.7 Å². The number of aliphatic hydroxyl groups is 1. The number of nitrogens with zero attached hydrogens (tertiary/aromatic N) is 2. The predicted molar refractivity (Wildman–Crippen MR) is 204 cm³/mol. The number of hydrogen-bond acceptors (Lipinski definition) is 7. The molecule has 272 valence electrons. The van der Waals surface area contributed by atoms with E-state index in [1.54, 1.807) is 0 Å². The summed E-state index contributed by atoms with van der Waals surface area (Å²) in [4.78, 5) is 30.4. The molecule has 0 unspecified atom stereocenters. The summed E-state index contributed by atoms with van der Waals surface area (Å²) >= 11 is 0. The van der Waals surface area contributed by atoms with Crippen molar-refractivity contribution in [2.45, 2.75) is 84.1 Å². The molecule has 0 saturated carbocycles. The quantitative estimate of drug-likeness (QED) is 0.222. The van der Waals surface area contributed by atoms with E-state index in [0.717, 1.165) is 72.4 Å². The number of carbonyl (C=O) groups excluding carboxylic acids is 2. The molecule has 0 aliphatic carbocycles. The first-order chi connectivity index (χ1) is 24.4. The van der Waals surface area contributed by atoms with Crippen molar-refractivity contribution in [1.29, 1.82) is 0 Å². The molecule has 3 saturated heterocycles. The average molecular weight is 694 g/mol. The minimum atomic E-state index is -0.765. The van der Waals surface area contributed by atoms with E-state index in [1.807, 2.05) is 58.9 Å². The van der Waals surface area contributed by atoms with Crippen LogP contribution >= 0.6 is 0 Å². The number of piperidine rings is 2. The average Bonchev–Trinajstić information content (AvgIpc) is 3.48. The van der Waals surface area contributed by atoms with Crippen molar-refractivity contribution in [3.63, 3.8) is 0 Å². The SMILES string of the molecule is Cc1ccc(N[C@H]2CN(C(=O)OC(C)(C)C)C[C@H]2O)cc1C(=O)N[C@H](C)c1ccc(C#CC2CCN(CC3CCNCC3)CC2)c2ccccc12. The van der Waals surface area contributed by atoms with Crippen LogP contribution in [0.5, 0.6) is 0 Å². The Kier molecular flexibility index (Phi) is 11.6. The second-order valence-electron chi connectivity index (χ2n) is 15.7. The Hall–Kier alpha value is -4.10.